The number of amides is 2. The third-order valence-electron chi connectivity index (χ3n) is 3.35. The summed E-state index contributed by atoms with van der Waals surface area (Å²) in [6.45, 7) is 6.40. The number of hydrogen-bond acceptors (Lipinski definition) is 4. The fraction of sp³-hybridized carbons (Fsp3) is 0.300. The van der Waals surface area contributed by atoms with E-state index < -0.39 is 11.8 Å². The molecule has 0 spiro atoms. The number of carbonyl (C=O) groups excluding carboxylic acids is 2. The molecule has 138 valence electrons. The van der Waals surface area contributed by atoms with Crippen LogP contribution in [-0.2, 0) is 4.79 Å². The van der Waals surface area contributed by atoms with E-state index in [-0.39, 0.29) is 6.61 Å². The third kappa shape index (κ3) is 6.47. The molecule has 0 bridgehead atoms. The summed E-state index contributed by atoms with van der Waals surface area (Å²) in [6.07, 6.45) is 0. The first-order chi connectivity index (χ1) is 12.4. The second kappa shape index (κ2) is 9.46. The molecule has 6 nitrogen and oxygen atoms in total. The van der Waals surface area contributed by atoms with Crippen LogP contribution in [0.1, 0.15) is 29.8 Å². The van der Waals surface area contributed by atoms with Crippen molar-refractivity contribution < 1.29 is 19.1 Å². The zero-order valence-corrected chi connectivity index (χ0v) is 15.2. The van der Waals surface area contributed by atoms with E-state index in [0.29, 0.717) is 29.6 Å². The van der Waals surface area contributed by atoms with Crippen LogP contribution in [0.5, 0.6) is 11.5 Å². The maximum absolute atomic E-state index is 12.1. The first-order valence-electron chi connectivity index (χ1n) is 8.45. The molecule has 2 aromatic carbocycles. The van der Waals surface area contributed by atoms with E-state index in [1.807, 2.05) is 39.0 Å². The van der Waals surface area contributed by atoms with Crippen LogP contribution >= 0.6 is 0 Å². The van der Waals surface area contributed by atoms with Gasteiger partial charge in [0.15, 0.2) is 6.61 Å². The lowest BCUT2D eigenvalue weighted by molar-refractivity contribution is -0.123. The Hall–Kier alpha value is -3.02. The standard InChI is InChI=1S/C20H24N2O4/c1-14(2)12-25-18-9-5-7-16(11-18)20(24)22-21-19(23)13-26-17-8-4-6-15(3)10-17/h4-11,14H,12-13H2,1-3H3,(H,21,23)(H,22,24). The number of carbonyl (C=O) groups is 2. The predicted molar refractivity (Wildman–Crippen MR) is 99.1 cm³/mol. The number of ether oxygens (including phenoxy) is 2. The van der Waals surface area contributed by atoms with Crippen LogP contribution in [0.2, 0.25) is 0 Å². The Balaban J connectivity index is 1.80. The van der Waals surface area contributed by atoms with Crippen LogP contribution in [0.3, 0.4) is 0 Å². The molecule has 6 heteroatoms. The summed E-state index contributed by atoms with van der Waals surface area (Å²) in [5, 5.41) is 0. The SMILES string of the molecule is Cc1cccc(OCC(=O)NNC(=O)c2cccc(OCC(C)C)c2)c1. The summed E-state index contributed by atoms with van der Waals surface area (Å²) in [6, 6.07) is 14.2. The molecule has 0 atom stereocenters. The van der Waals surface area contributed by atoms with Gasteiger partial charge in [0, 0.05) is 5.56 Å². The van der Waals surface area contributed by atoms with Crippen molar-refractivity contribution >= 4 is 11.8 Å². The number of aryl methyl sites for hydroxylation is 1. The Kier molecular flexibility index (Phi) is 7.02. The van der Waals surface area contributed by atoms with Crippen molar-refractivity contribution in [3.63, 3.8) is 0 Å². The molecule has 2 amide bonds. The summed E-state index contributed by atoms with van der Waals surface area (Å²) in [5.74, 6) is 0.720. The van der Waals surface area contributed by atoms with Crippen LogP contribution < -0.4 is 20.3 Å². The maximum Gasteiger partial charge on any atom is 0.276 e. The van der Waals surface area contributed by atoms with Crippen LogP contribution in [0, 0.1) is 12.8 Å². The van der Waals surface area contributed by atoms with Gasteiger partial charge in [0.1, 0.15) is 11.5 Å². The van der Waals surface area contributed by atoms with Gasteiger partial charge in [-0.15, -0.1) is 0 Å². The minimum atomic E-state index is -0.452. The summed E-state index contributed by atoms with van der Waals surface area (Å²) in [5.41, 5.74) is 6.13. The van der Waals surface area contributed by atoms with E-state index in [9.17, 15) is 9.59 Å². The molecule has 26 heavy (non-hydrogen) atoms. The van der Waals surface area contributed by atoms with Gasteiger partial charge in [0.25, 0.3) is 11.8 Å². The molecule has 0 radical (unpaired) electrons. The van der Waals surface area contributed by atoms with E-state index in [4.69, 9.17) is 9.47 Å². The zero-order chi connectivity index (χ0) is 18.9. The van der Waals surface area contributed by atoms with E-state index in [2.05, 4.69) is 10.9 Å². The minimum Gasteiger partial charge on any atom is -0.493 e. The molecular weight excluding hydrogens is 332 g/mol. The van der Waals surface area contributed by atoms with Gasteiger partial charge in [-0.05, 0) is 48.7 Å². The van der Waals surface area contributed by atoms with Gasteiger partial charge in [-0.2, -0.15) is 0 Å². The Labute approximate surface area is 153 Å². The van der Waals surface area contributed by atoms with Gasteiger partial charge >= 0.3 is 0 Å². The lowest BCUT2D eigenvalue weighted by Crippen LogP contribution is -2.43. The predicted octanol–water partition coefficient (Wildman–Crippen LogP) is 2.87. The monoisotopic (exact) mass is 356 g/mol. The fourth-order valence-electron chi connectivity index (χ4n) is 2.08. The Bertz CT molecular complexity index is 759. The molecule has 0 aliphatic carbocycles. The van der Waals surface area contributed by atoms with Crippen molar-refractivity contribution in [2.45, 2.75) is 20.8 Å². The second-order valence-electron chi connectivity index (χ2n) is 6.34. The molecule has 0 saturated carbocycles. The highest BCUT2D eigenvalue weighted by Crippen LogP contribution is 2.14. The molecule has 2 rings (SSSR count). The van der Waals surface area contributed by atoms with Gasteiger partial charge in [-0.1, -0.05) is 32.0 Å². The number of hydrazine groups is 1. The van der Waals surface area contributed by atoms with E-state index >= 15 is 0 Å². The molecule has 0 heterocycles. The average Bonchev–Trinajstić information content (AvgIpc) is 2.63. The molecule has 2 aromatic rings. The molecule has 0 aromatic heterocycles. The number of benzene rings is 2. The first kappa shape index (κ1) is 19.3. The number of hydrogen-bond donors (Lipinski definition) is 2. The van der Waals surface area contributed by atoms with Crippen LogP contribution in [0.15, 0.2) is 48.5 Å². The van der Waals surface area contributed by atoms with Crippen molar-refractivity contribution in [2.24, 2.45) is 5.92 Å². The Morgan fingerprint density at radius 1 is 0.962 bits per heavy atom. The van der Waals surface area contributed by atoms with Crippen molar-refractivity contribution in [3.8, 4) is 11.5 Å². The highest BCUT2D eigenvalue weighted by Gasteiger charge is 2.09. The summed E-state index contributed by atoms with van der Waals surface area (Å²) in [4.78, 5) is 23.9. The highest BCUT2D eigenvalue weighted by atomic mass is 16.5. The smallest absolute Gasteiger partial charge is 0.276 e. The van der Waals surface area contributed by atoms with Crippen molar-refractivity contribution in [1.82, 2.24) is 10.9 Å². The Morgan fingerprint density at radius 2 is 1.65 bits per heavy atom. The largest absolute Gasteiger partial charge is 0.493 e. The molecule has 0 saturated heterocycles. The van der Waals surface area contributed by atoms with Crippen LogP contribution in [-0.4, -0.2) is 25.0 Å². The van der Waals surface area contributed by atoms with Gasteiger partial charge in [0.2, 0.25) is 0 Å². The van der Waals surface area contributed by atoms with Gasteiger partial charge < -0.3 is 9.47 Å². The third-order valence-corrected chi connectivity index (χ3v) is 3.35. The lowest BCUT2D eigenvalue weighted by atomic mass is 10.2. The molecule has 0 fully saturated rings. The normalized spacial score (nSPS) is 10.3. The average molecular weight is 356 g/mol. The molecule has 0 aliphatic heterocycles. The summed E-state index contributed by atoms with van der Waals surface area (Å²) < 4.78 is 11.0. The first-order valence-corrected chi connectivity index (χ1v) is 8.45. The molecular formula is C20H24N2O4. The van der Waals surface area contributed by atoms with Crippen molar-refractivity contribution in [1.29, 1.82) is 0 Å². The molecule has 0 aliphatic rings. The maximum atomic E-state index is 12.1. The zero-order valence-electron chi connectivity index (χ0n) is 15.2. The van der Waals surface area contributed by atoms with Crippen molar-refractivity contribution in [2.75, 3.05) is 13.2 Å². The molecule has 0 unspecified atom stereocenters. The van der Waals surface area contributed by atoms with Crippen LogP contribution in [0.25, 0.3) is 0 Å². The molecule has 2 N–H and O–H groups in total. The van der Waals surface area contributed by atoms with Crippen LogP contribution in [0.4, 0.5) is 0 Å². The minimum absolute atomic E-state index is 0.193. The van der Waals surface area contributed by atoms with Crippen molar-refractivity contribution in [3.05, 3.63) is 59.7 Å². The summed E-state index contributed by atoms with van der Waals surface area (Å²) >= 11 is 0. The topological polar surface area (TPSA) is 76.7 Å². The highest BCUT2D eigenvalue weighted by molar-refractivity contribution is 5.95. The second-order valence-corrected chi connectivity index (χ2v) is 6.34. The fourth-order valence-corrected chi connectivity index (χ4v) is 2.08. The van der Waals surface area contributed by atoms with Gasteiger partial charge in [-0.3, -0.25) is 20.4 Å². The lowest BCUT2D eigenvalue weighted by Gasteiger charge is -2.11. The number of nitrogens with one attached hydrogen (secondary N) is 2. The van der Waals surface area contributed by atoms with E-state index in [1.165, 1.54) is 0 Å². The van der Waals surface area contributed by atoms with Gasteiger partial charge in [-0.25, -0.2) is 0 Å². The van der Waals surface area contributed by atoms with E-state index in [1.54, 1.807) is 30.3 Å². The summed E-state index contributed by atoms with van der Waals surface area (Å²) in [7, 11) is 0. The quantitative estimate of drug-likeness (QED) is 0.748. The van der Waals surface area contributed by atoms with Gasteiger partial charge in [0.05, 0.1) is 6.61 Å². The number of rotatable bonds is 7. The Morgan fingerprint density at radius 3 is 2.35 bits per heavy atom. The van der Waals surface area contributed by atoms with E-state index in [0.717, 1.165) is 5.56 Å².